The molecule has 0 amide bonds. The molecular formula is C12H26OSi. The third-order valence-electron chi connectivity index (χ3n) is 3.12. The van der Waals surface area contributed by atoms with Crippen molar-refractivity contribution in [1.82, 2.24) is 0 Å². The Kier molecular flexibility index (Phi) is 5.50. The molecule has 0 bridgehead atoms. The minimum atomic E-state index is -1.64. The molecule has 14 heavy (non-hydrogen) atoms. The van der Waals surface area contributed by atoms with Crippen LogP contribution in [-0.2, 0) is 4.43 Å². The lowest BCUT2D eigenvalue weighted by Crippen LogP contribution is -2.46. The fourth-order valence-electron chi connectivity index (χ4n) is 2.59. The van der Waals surface area contributed by atoms with Gasteiger partial charge in [0.25, 0.3) is 8.32 Å². The zero-order valence-electron chi connectivity index (χ0n) is 10.8. The topological polar surface area (TPSA) is 9.23 Å². The van der Waals surface area contributed by atoms with Gasteiger partial charge in [0, 0.05) is 0 Å². The maximum Gasteiger partial charge on any atom is 0.257 e. The van der Waals surface area contributed by atoms with Gasteiger partial charge < -0.3 is 4.43 Å². The van der Waals surface area contributed by atoms with E-state index in [9.17, 15) is 0 Å². The second kappa shape index (κ2) is 5.59. The van der Waals surface area contributed by atoms with Crippen LogP contribution in [-0.4, -0.2) is 8.32 Å². The predicted molar refractivity (Wildman–Crippen MR) is 66.9 cm³/mol. The van der Waals surface area contributed by atoms with E-state index in [0.717, 1.165) is 0 Å². The van der Waals surface area contributed by atoms with Gasteiger partial charge in [-0.2, -0.15) is 0 Å². The smallest absolute Gasteiger partial charge is 0.257 e. The highest BCUT2D eigenvalue weighted by Crippen LogP contribution is 2.42. The van der Waals surface area contributed by atoms with Crippen molar-refractivity contribution in [2.45, 2.75) is 65.1 Å². The molecule has 0 spiro atoms. The Labute approximate surface area is 90.7 Å². The second-order valence-electron chi connectivity index (χ2n) is 4.90. The van der Waals surface area contributed by atoms with E-state index in [4.69, 9.17) is 4.43 Å². The highest BCUT2D eigenvalue weighted by molar-refractivity contribution is 6.77. The van der Waals surface area contributed by atoms with Crippen LogP contribution in [0.1, 0.15) is 48.5 Å². The molecule has 0 aromatic heterocycles. The van der Waals surface area contributed by atoms with E-state index < -0.39 is 8.32 Å². The van der Waals surface area contributed by atoms with Crippen molar-refractivity contribution < 1.29 is 4.43 Å². The summed E-state index contributed by atoms with van der Waals surface area (Å²) in [6.07, 6.45) is 3.89. The van der Waals surface area contributed by atoms with Crippen LogP contribution in [0.5, 0.6) is 0 Å². The Morgan fingerprint density at radius 2 is 1.21 bits per heavy atom. The Balaban J connectivity index is 4.94. The molecule has 0 atom stereocenters. The molecule has 1 nitrogen and oxygen atoms in total. The fourth-order valence-corrected chi connectivity index (χ4v) is 7.78. The molecule has 0 radical (unpaired) electrons. The molecule has 0 aromatic rings. The average Bonchev–Trinajstić information content (AvgIpc) is 2.03. The molecule has 0 aromatic carbocycles. The van der Waals surface area contributed by atoms with E-state index in [-0.39, 0.29) is 0 Å². The summed E-state index contributed by atoms with van der Waals surface area (Å²) in [5, 5.41) is 0. The maximum atomic E-state index is 6.12. The van der Waals surface area contributed by atoms with Crippen molar-refractivity contribution in [2.75, 3.05) is 0 Å². The standard InChI is InChI=1S/C12H26OSi/c1-8-9-13-14(10(2)3,11(4)5)12(6)7/h8-12H,1-7H3/b9-8-. The summed E-state index contributed by atoms with van der Waals surface area (Å²) in [6, 6.07) is 0. The summed E-state index contributed by atoms with van der Waals surface area (Å²) in [5.41, 5.74) is 2.00. The van der Waals surface area contributed by atoms with Crippen molar-refractivity contribution in [1.29, 1.82) is 0 Å². The average molecular weight is 214 g/mol. The van der Waals surface area contributed by atoms with Crippen LogP contribution < -0.4 is 0 Å². The first kappa shape index (κ1) is 13.8. The molecular weight excluding hydrogens is 188 g/mol. The van der Waals surface area contributed by atoms with Gasteiger partial charge in [-0.3, -0.25) is 0 Å². The lowest BCUT2D eigenvalue weighted by atomic mass is 10.5. The second-order valence-corrected chi connectivity index (χ2v) is 10.3. The Hall–Kier alpha value is -0.243. The van der Waals surface area contributed by atoms with Crippen LogP contribution in [0.3, 0.4) is 0 Å². The highest BCUT2D eigenvalue weighted by Gasteiger charge is 2.46. The van der Waals surface area contributed by atoms with E-state index in [1.165, 1.54) is 0 Å². The summed E-state index contributed by atoms with van der Waals surface area (Å²) in [6.45, 7) is 15.8. The third kappa shape index (κ3) is 2.63. The first-order valence-electron chi connectivity index (χ1n) is 5.68. The van der Waals surface area contributed by atoms with Crippen LogP contribution in [0.25, 0.3) is 0 Å². The molecule has 0 N–H and O–H groups in total. The largest absolute Gasteiger partial charge is 0.548 e. The van der Waals surface area contributed by atoms with Crippen molar-refractivity contribution in [3.8, 4) is 0 Å². The Morgan fingerprint density at radius 3 is 1.43 bits per heavy atom. The molecule has 0 aliphatic carbocycles. The number of hydrogen-bond donors (Lipinski definition) is 0. The van der Waals surface area contributed by atoms with Gasteiger partial charge in [-0.1, -0.05) is 47.6 Å². The maximum absolute atomic E-state index is 6.12. The molecule has 0 rings (SSSR count). The molecule has 0 aliphatic heterocycles. The van der Waals surface area contributed by atoms with Gasteiger partial charge in [-0.15, -0.1) is 0 Å². The fraction of sp³-hybridized carbons (Fsp3) is 0.833. The first-order valence-corrected chi connectivity index (χ1v) is 7.82. The molecule has 84 valence electrons. The molecule has 2 heteroatoms. The van der Waals surface area contributed by atoms with Gasteiger partial charge in [0.15, 0.2) is 0 Å². The van der Waals surface area contributed by atoms with Gasteiger partial charge in [0.1, 0.15) is 0 Å². The summed E-state index contributed by atoms with van der Waals surface area (Å²) < 4.78 is 6.12. The van der Waals surface area contributed by atoms with Crippen molar-refractivity contribution in [3.05, 3.63) is 12.3 Å². The summed E-state index contributed by atoms with van der Waals surface area (Å²) in [5.74, 6) is 0. The third-order valence-corrected chi connectivity index (χ3v) is 9.07. The van der Waals surface area contributed by atoms with Crippen molar-refractivity contribution in [2.24, 2.45) is 0 Å². The van der Waals surface area contributed by atoms with E-state index >= 15 is 0 Å². The minimum absolute atomic E-state index is 0.665. The molecule has 0 heterocycles. The molecule has 0 fully saturated rings. The number of allylic oxidation sites excluding steroid dienone is 1. The first-order chi connectivity index (χ1) is 6.39. The van der Waals surface area contributed by atoms with Crippen LogP contribution in [0.4, 0.5) is 0 Å². The van der Waals surface area contributed by atoms with E-state index in [2.05, 4.69) is 41.5 Å². The normalized spacial score (nSPS) is 13.6. The summed E-state index contributed by atoms with van der Waals surface area (Å²) in [7, 11) is -1.64. The molecule has 0 saturated carbocycles. The summed E-state index contributed by atoms with van der Waals surface area (Å²) >= 11 is 0. The van der Waals surface area contributed by atoms with Crippen molar-refractivity contribution in [3.63, 3.8) is 0 Å². The number of rotatable bonds is 5. The molecule has 0 aliphatic rings. The highest BCUT2D eigenvalue weighted by atomic mass is 28.4. The minimum Gasteiger partial charge on any atom is -0.548 e. The van der Waals surface area contributed by atoms with Gasteiger partial charge in [-0.05, 0) is 23.5 Å². The zero-order valence-corrected chi connectivity index (χ0v) is 11.8. The van der Waals surface area contributed by atoms with Gasteiger partial charge in [0.05, 0.1) is 6.26 Å². The van der Waals surface area contributed by atoms with E-state index in [1.54, 1.807) is 0 Å². The lowest BCUT2D eigenvalue weighted by molar-refractivity contribution is 0.416. The van der Waals surface area contributed by atoms with Gasteiger partial charge in [0.2, 0.25) is 0 Å². The van der Waals surface area contributed by atoms with Gasteiger partial charge in [-0.25, -0.2) is 0 Å². The lowest BCUT2D eigenvalue weighted by Gasteiger charge is -2.41. The van der Waals surface area contributed by atoms with Crippen molar-refractivity contribution >= 4 is 8.32 Å². The Morgan fingerprint density at radius 1 is 0.857 bits per heavy atom. The number of hydrogen-bond acceptors (Lipinski definition) is 1. The van der Waals surface area contributed by atoms with Crippen LogP contribution in [0, 0.1) is 0 Å². The Bertz CT molecular complexity index is 161. The quantitative estimate of drug-likeness (QED) is 0.475. The molecule has 0 unspecified atom stereocenters. The zero-order chi connectivity index (χ0) is 11.4. The van der Waals surface area contributed by atoms with E-state index in [1.807, 2.05) is 19.3 Å². The SMILES string of the molecule is C/C=C\O[Si](C(C)C)(C(C)C)C(C)C. The van der Waals surface area contributed by atoms with Gasteiger partial charge >= 0.3 is 0 Å². The van der Waals surface area contributed by atoms with Crippen LogP contribution >= 0.6 is 0 Å². The monoisotopic (exact) mass is 214 g/mol. The predicted octanol–water partition coefficient (Wildman–Crippen LogP) is 4.71. The summed E-state index contributed by atoms with van der Waals surface area (Å²) in [4.78, 5) is 0. The van der Waals surface area contributed by atoms with Crippen LogP contribution in [0.15, 0.2) is 12.3 Å². The molecule has 0 saturated heterocycles. The van der Waals surface area contributed by atoms with Crippen LogP contribution in [0.2, 0.25) is 16.6 Å². The van der Waals surface area contributed by atoms with E-state index in [0.29, 0.717) is 16.6 Å².